The van der Waals surface area contributed by atoms with Crippen molar-refractivity contribution in [2.24, 2.45) is 5.41 Å². The Morgan fingerprint density at radius 2 is 1.88 bits per heavy atom. The van der Waals surface area contributed by atoms with Gasteiger partial charge >= 0.3 is 5.97 Å². The summed E-state index contributed by atoms with van der Waals surface area (Å²) in [6, 6.07) is 0. The van der Waals surface area contributed by atoms with E-state index in [1.807, 2.05) is 12.2 Å². The molecular weight excluding hydrogens is 324 g/mol. The summed E-state index contributed by atoms with van der Waals surface area (Å²) in [6.45, 7) is 1.39. The maximum absolute atomic E-state index is 12.6. The molecule has 0 bridgehead atoms. The summed E-state index contributed by atoms with van der Waals surface area (Å²) in [5, 5.41) is 0. The van der Waals surface area contributed by atoms with Gasteiger partial charge in [0.05, 0.1) is 21.3 Å². The van der Waals surface area contributed by atoms with Crippen molar-refractivity contribution in [2.75, 3.05) is 34.5 Å². The number of hydrogen-bond acceptors (Lipinski definition) is 6. The Hall–Kier alpha value is -1.53. The molecule has 1 saturated heterocycles. The molecule has 6 nitrogen and oxygen atoms in total. The third kappa shape index (κ3) is 4.55. The Kier molecular flexibility index (Phi) is 7.78. The number of ether oxygens (including phenoxy) is 5. The van der Waals surface area contributed by atoms with Gasteiger partial charge in [0.1, 0.15) is 11.5 Å². The van der Waals surface area contributed by atoms with Crippen LogP contribution in [-0.4, -0.2) is 46.8 Å². The number of allylic oxidation sites excluding steroid dienone is 2. The molecule has 1 atom stereocenters. The molecule has 142 valence electrons. The number of methoxy groups -OCH3 is 3. The van der Waals surface area contributed by atoms with Gasteiger partial charge in [-0.3, -0.25) is 4.79 Å². The molecule has 0 radical (unpaired) electrons. The van der Waals surface area contributed by atoms with E-state index in [1.54, 1.807) is 14.2 Å². The fraction of sp³-hybridized carbons (Fsp3) is 0.737. The van der Waals surface area contributed by atoms with Crippen molar-refractivity contribution in [3.05, 3.63) is 23.7 Å². The SMILES string of the molecule is COC(=O)C1(CCCCOC2CCCCO2)C(OC)=CCC=C1OC. The van der Waals surface area contributed by atoms with Crippen LogP contribution in [0.5, 0.6) is 0 Å². The minimum atomic E-state index is -1.00. The summed E-state index contributed by atoms with van der Waals surface area (Å²) >= 11 is 0. The van der Waals surface area contributed by atoms with Gasteiger partial charge in [-0.05, 0) is 57.1 Å². The van der Waals surface area contributed by atoms with Gasteiger partial charge in [-0.15, -0.1) is 0 Å². The lowest BCUT2D eigenvalue weighted by atomic mass is 9.75. The molecule has 1 unspecified atom stereocenters. The minimum absolute atomic E-state index is 0.0816. The van der Waals surface area contributed by atoms with Gasteiger partial charge in [0, 0.05) is 13.2 Å². The van der Waals surface area contributed by atoms with Crippen LogP contribution in [-0.2, 0) is 28.5 Å². The lowest BCUT2D eigenvalue weighted by Crippen LogP contribution is -2.39. The van der Waals surface area contributed by atoms with E-state index < -0.39 is 5.41 Å². The predicted octanol–water partition coefficient (Wildman–Crippen LogP) is 3.32. The lowest BCUT2D eigenvalue weighted by Gasteiger charge is -2.35. The van der Waals surface area contributed by atoms with Gasteiger partial charge in [-0.2, -0.15) is 0 Å². The van der Waals surface area contributed by atoms with Crippen LogP contribution in [0.15, 0.2) is 23.7 Å². The molecule has 2 aliphatic rings. The molecule has 0 N–H and O–H groups in total. The lowest BCUT2D eigenvalue weighted by molar-refractivity contribution is -0.163. The van der Waals surface area contributed by atoms with Crippen LogP contribution >= 0.6 is 0 Å². The van der Waals surface area contributed by atoms with Crippen LogP contribution in [0.4, 0.5) is 0 Å². The summed E-state index contributed by atoms with van der Waals surface area (Å²) in [4.78, 5) is 12.6. The Labute approximate surface area is 150 Å². The number of rotatable bonds is 9. The van der Waals surface area contributed by atoms with Crippen LogP contribution < -0.4 is 0 Å². The van der Waals surface area contributed by atoms with E-state index in [0.717, 1.165) is 38.7 Å². The van der Waals surface area contributed by atoms with Crippen LogP contribution in [0, 0.1) is 5.41 Å². The van der Waals surface area contributed by atoms with Gasteiger partial charge in [0.25, 0.3) is 0 Å². The van der Waals surface area contributed by atoms with Crippen LogP contribution in [0.2, 0.25) is 0 Å². The van der Waals surface area contributed by atoms with Crippen molar-refractivity contribution < 1.29 is 28.5 Å². The van der Waals surface area contributed by atoms with Gasteiger partial charge < -0.3 is 23.7 Å². The normalized spacial score (nSPS) is 22.6. The molecule has 1 aliphatic carbocycles. The average Bonchev–Trinajstić information content (AvgIpc) is 2.67. The highest BCUT2D eigenvalue weighted by Crippen LogP contribution is 2.45. The van der Waals surface area contributed by atoms with Crippen LogP contribution in [0.3, 0.4) is 0 Å². The highest BCUT2D eigenvalue weighted by atomic mass is 16.7. The van der Waals surface area contributed by atoms with Crippen molar-refractivity contribution in [3.8, 4) is 0 Å². The summed E-state index contributed by atoms with van der Waals surface area (Å²) in [5.74, 6) is 0.829. The van der Waals surface area contributed by atoms with E-state index in [-0.39, 0.29) is 12.3 Å². The Balaban J connectivity index is 1.95. The van der Waals surface area contributed by atoms with Gasteiger partial charge in [0.15, 0.2) is 11.7 Å². The molecule has 1 heterocycles. The van der Waals surface area contributed by atoms with Crippen molar-refractivity contribution in [1.29, 1.82) is 0 Å². The number of carbonyl (C=O) groups is 1. The topological polar surface area (TPSA) is 63.2 Å². The molecule has 2 rings (SSSR count). The van der Waals surface area contributed by atoms with E-state index in [9.17, 15) is 4.79 Å². The number of carbonyl (C=O) groups excluding carboxylic acids is 1. The zero-order valence-corrected chi connectivity index (χ0v) is 15.5. The second-order valence-corrected chi connectivity index (χ2v) is 6.30. The third-order valence-corrected chi connectivity index (χ3v) is 4.81. The second kappa shape index (κ2) is 9.82. The van der Waals surface area contributed by atoms with E-state index in [2.05, 4.69) is 0 Å². The number of esters is 1. The highest BCUT2D eigenvalue weighted by Gasteiger charge is 2.50. The molecule has 1 aliphatic heterocycles. The Bertz CT molecular complexity index is 470. The number of hydrogen-bond donors (Lipinski definition) is 0. The maximum Gasteiger partial charge on any atom is 0.327 e. The first-order valence-corrected chi connectivity index (χ1v) is 9.00. The minimum Gasteiger partial charge on any atom is -0.500 e. The zero-order valence-electron chi connectivity index (χ0n) is 15.5. The Morgan fingerprint density at radius 1 is 1.16 bits per heavy atom. The van der Waals surface area contributed by atoms with Crippen molar-refractivity contribution in [3.63, 3.8) is 0 Å². The fourth-order valence-electron chi connectivity index (χ4n) is 3.53. The molecule has 0 aromatic carbocycles. The number of unbranched alkanes of at least 4 members (excludes halogenated alkanes) is 1. The van der Waals surface area contributed by atoms with Crippen LogP contribution in [0.1, 0.15) is 44.9 Å². The monoisotopic (exact) mass is 354 g/mol. The van der Waals surface area contributed by atoms with Crippen molar-refractivity contribution in [1.82, 2.24) is 0 Å². The molecule has 0 aromatic rings. The van der Waals surface area contributed by atoms with Gasteiger partial charge in [-0.25, -0.2) is 0 Å². The van der Waals surface area contributed by atoms with Crippen molar-refractivity contribution in [2.45, 2.75) is 51.2 Å². The molecule has 0 aromatic heterocycles. The highest BCUT2D eigenvalue weighted by molar-refractivity contribution is 5.83. The summed E-state index contributed by atoms with van der Waals surface area (Å²) < 4.78 is 27.4. The smallest absolute Gasteiger partial charge is 0.327 e. The summed E-state index contributed by atoms with van der Waals surface area (Å²) in [7, 11) is 4.54. The average molecular weight is 354 g/mol. The molecular formula is C19H30O6. The van der Waals surface area contributed by atoms with E-state index >= 15 is 0 Å². The first kappa shape index (κ1) is 19.8. The zero-order chi connectivity index (χ0) is 18.1. The molecule has 25 heavy (non-hydrogen) atoms. The molecule has 6 heteroatoms. The Morgan fingerprint density at radius 3 is 2.44 bits per heavy atom. The quantitative estimate of drug-likeness (QED) is 0.467. The van der Waals surface area contributed by atoms with E-state index in [4.69, 9.17) is 23.7 Å². The first-order chi connectivity index (χ1) is 12.2. The molecule has 0 spiro atoms. The first-order valence-electron chi connectivity index (χ1n) is 9.00. The largest absolute Gasteiger partial charge is 0.500 e. The van der Waals surface area contributed by atoms with E-state index in [1.165, 1.54) is 7.11 Å². The summed E-state index contributed by atoms with van der Waals surface area (Å²) in [6.07, 6.45) is 9.79. The maximum atomic E-state index is 12.6. The van der Waals surface area contributed by atoms with Gasteiger partial charge in [-0.1, -0.05) is 0 Å². The van der Waals surface area contributed by atoms with Crippen LogP contribution in [0.25, 0.3) is 0 Å². The molecule has 0 amide bonds. The predicted molar refractivity (Wildman–Crippen MR) is 92.6 cm³/mol. The molecule has 1 fully saturated rings. The second-order valence-electron chi connectivity index (χ2n) is 6.30. The molecule has 0 saturated carbocycles. The van der Waals surface area contributed by atoms with Crippen molar-refractivity contribution >= 4 is 5.97 Å². The van der Waals surface area contributed by atoms with E-state index in [0.29, 0.717) is 31.0 Å². The fourth-order valence-corrected chi connectivity index (χ4v) is 3.53. The third-order valence-electron chi connectivity index (χ3n) is 4.81. The standard InChI is InChI=1S/C19H30O6/c1-21-15-9-8-10-16(22-2)19(15,18(20)23-3)12-5-7-14-25-17-11-4-6-13-24-17/h9-10,17H,4-8,11-14H2,1-3H3. The van der Waals surface area contributed by atoms with Gasteiger partial charge in [0.2, 0.25) is 0 Å². The summed E-state index contributed by atoms with van der Waals surface area (Å²) in [5.41, 5.74) is -1.00.